The Hall–Kier alpha value is -9.11. The number of ether oxygens (including phenoxy) is 2. The van der Waals surface area contributed by atoms with Crippen LogP contribution in [0.1, 0.15) is 136 Å². The summed E-state index contributed by atoms with van der Waals surface area (Å²) in [6, 6.07) is 22.7. The summed E-state index contributed by atoms with van der Waals surface area (Å²) in [4.78, 5) is 114. The smallest absolute Gasteiger partial charge is 0.298 e. The van der Waals surface area contributed by atoms with E-state index < -0.39 is 16.2 Å². The van der Waals surface area contributed by atoms with Crippen molar-refractivity contribution in [2.24, 2.45) is 0 Å². The SMILES string of the molecule is CC(C)(C)N1C(=O)C(Cc2ncc(Cl)cc2CCl)c2cccnc21.CC(C)(C)N1C(=O)[C@]2(Cc3cc(Cl)cnc3C2)c2cccnc21.CC(C)(C)N1C(=O)[C@]2(Cc3cc(OC=O)cnc3C2)c2cccnc21.O=COc1cnc2c(c1)C[C@@]1(C2)C(=O)Nc2ncccc21. The Morgan fingerprint density at radius 2 is 0.968 bits per heavy atom. The maximum absolute atomic E-state index is 13.5. The number of anilines is 4. The molecule has 12 heterocycles. The van der Waals surface area contributed by atoms with Crippen molar-refractivity contribution in [3.05, 3.63) is 200 Å². The number of nitrogens with zero attached hydrogens (tertiary/aromatic N) is 11. The molecule has 1 unspecified atom stereocenters. The van der Waals surface area contributed by atoms with Crippen LogP contribution < -0.4 is 29.5 Å². The van der Waals surface area contributed by atoms with Crippen LogP contribution in [-0.2, 0) is 95.8 Å². The van der Waals surface area contributed by atoms with Crippen molar-refractivity contribution in [1.82, 2.24) is 39.9 Å². The van der Waals surface area contributed by atoms with Crippen LogP contribution in [0.3, 0.4) is 0 Å². The largest absolute Gasteiger partial charge is 0.427 e. The average molecular weight is 1310 g/mol. The number of carbonyl (C=O) groups excluding carboxylic acids is 6. The zero-order valence-corrected chi connectivity index (χ0v) is 55.0. The van der Waals surface area contributed by atoms with Gasteiger partial charge in [-0.15, -0.1) is 11.6 Å². The molecule has 8 aromatic heterocycles. The number of carbonyl (C=O) groups is 6. The molecule has 4 atom stereocenters. The van der Waals surface area contributed by atoms with Crippen LogP contribution in [0.15, 0.2) is 122 Å². The van der Waals surface area contributed by atoms with Crippen LogP contribution in [0, 0.1) is 0 Å². The highest BCUT2D eigenvalue weighted by atomic mass is 35.5. The zero-order valence-electron chi connectivity index (χ0n) is 52.8. The number of amides is 4. The number of rotatable bonds is 7. The fraction of sp³-hybridized carbons (Fsp3) is 0.343. The van der Waals surface area contributed by atoms with Crippen LogP contribution in [0.25, 0.3) is 0 Å². The molecule has 0 radical (unpaired) electrons. The minimum atomic E-state index is -0.675. The van der Waals surface area contributed by atoms with E-state index >= 15 is 0 Å². The van der Waals surface area contributed by atoms with Crippen molar-refractivity contribution in [2.75, 3.05) is 20.0 Å². The third kappa shape index (κ3) is 11.3. The van der Waals surface area contributed by atoms with E-state index in [-0.39, 0.29) is 46.2 Å². The van der Waals surface area contributed by atoms with E-state index in [0.29, 0.717) is 91.1 Å². The predicted molar refractivity (Wildman–Crippen MR) is 351 cm³/mol. The topological polar surface area (TPSA) is 246 Å². The first-order chi connectivity index (χ1) is 44.2. The Bertz CT molecular complexity index is 4380. The van der Waals surface area contributed by atoms with Crippen molar-refractivity contribution in [2.45, 2.75) is 152 Å². The number of fused-ring (bicyclic) bond motifs is 10. The van der Waals surface area contributed by atoms with Gasteiger partial charge in [-0.3, -0.25) is 63.4 Å². The van der Waals surface area contributed by atoms with Gasteiger partial charge in [-0.25, -0.2) is 19.9 Å². The first-order valence-corrected chi connectivity index (χ1v) is 31.7. The van der Waals surface area contributed by atoms with Gasteiger partial charge >= 0.3 is 0 Å². The fourth-order valence-corrected chi connectivity index (χ4v) is 14.7. The molecule has 0 aromatic carbocycles. The van der Waals surface area contributed by atoms with E-state index in [1.807, 2.05) is 128 Å². The Morgan fingerprint density at radius 1 is 0.527 bits per heavy atom. The van der Waals surface area contributed by atoms with Gasteiger partial charge in [-0.2, -0.15) is 0 Å². The van der Waals surface area contributed by atoms with Gasteiger partial charge in [0.1, 0.15) is 34.8 Å². The van der Waals surface area contributed by atoms with E-state index in [4.69, 9.17) is 44.3 Å². The van der Waals surface area contributed by atoms with E-state index in [1.54, 1.807) is 59.1 Å². The second-order valence-electron chi connectivity index (χ2n) is 27.2. The molecular formula is C70H67Cl3N12O8. The third-order valence-corrected chi connectivity index (χ3v) is 18.8. The predicted octanol–water partition coefficient (Wildman–Crippen LogP) is 10.8. The summed E-state index contributed by atoms with van der Waals surface area (Å²) in [5, 5.41) is 4.00. The standard InChI is InChI=1S/C19H19N3O3.C18H19Cl2N3O.C18H18ClN3O.C15H11N3O3/c1-18(2,3)22-16-14(5-4-6-20-16)19(17(22)24)8-12-7-13(25-11-23)10-21-15(12)9-19;1-18(2,3)23-16-13(5-4-6-21-16)14(17(23)24)8-15-11(9-19)7-12(20)10-22-15;1-17(2,3)22-15-13(5-4-6-20-15)18(16(22)23)8-11-7-12(19)10-21-14(11)9-18;19-8-21-10-4-9-5-15(6-12(9)17-7-10)11-2-1-3-16-13(11)18-14(15)20/h4-7,10-11H,8-9H2,1-3H3;4-7,10,14H,8-9H2,1-3H3;4-7,10H,8-9H2,1-3H3;1-4,7-8H,5-6H2,(H,16,18,20)/t19-;;18-;15-/m0.00/s1. The Balaban J connectivity index is 0.000000119. The first-order valence-electron chi connectivity index (χ1n) is 30.4. The van der Waals surface area contributed by atoms with Gasteiger partial charge in [0.2, 0.25) is 23.6 Å². The lowest BCUT2D eigenvalue weighted by Gasteiger charge is -2.33. The molecule has 3 spiro atoms. The van der Waals surface area contributed by atoms with Gasteiger partial charge in [0, 0.05) is 130 Å². The summed E-state index contributed by atoms with van der Waals surface area (Å²) < 4.78 is 9.73. The average Bonchev–Trinajstić information content (AvgIpc) is 1.56. The highest BCUT2D eigenvalue weighted by Gasteiger charge is 2.59. The summed E-state index contributed by atoms with van der Waals surface area (Å²) >= 11 is 18.1. The summed E-state index contributed by atoms with van der Waals surface area (Å²) in [7, 11) is 0. The highest BCUT2D eigenvalue weighted by molar-refractivity contribution is 6.31. The van der Waals surface area contributed by atoms with Crippen molar-refractivity contribution < 1.29 is 38.2 Å². The number of nitrogens with one attached hydrogen (secondary N) is 1. The number of pyridine rings is 8. The molecule has 476 valence electrons. The maximum Gasteiger partial charge on any atom is 0.298 e. The Labute approximate surface area is 552 Å². The monoisotopic (exact) mass is 1310 g/mol. The van der Waals surface area contributed by atoms with Crippen LogP contribution in [0.2, 0.25) is 10.0 Å². The van der Waals surface area contributed by atoms with Crippen molar-refractivity contribution in [1.29, 1.82) is 0 Å². The van der Waals surface area contributed by atoms with Gasteiger partial charge in [0.05, 0.1) is 44.6 Å². The molecule has 93 heavy (non-hydrogen) atoms. The molecule has 7 aliphatic rings. The molecule has 8 aromatic rings. The van der Waals surface area contributed by atoms with Crippen LogP contribution in [0.5, 0.6) is 11.5 Å². The molecule has 0 saturated heterocycles. The summed E-state index contributed by atoms with van der Waals surface area (Å²) in [6.07, 6.45) is 17.0. The maximum atomic E-state index is 13.5. The lowest BCUT2D eigenvalue weighted by atomic mass is 9.79. The van der Waals surface area contributed by atoms with Crippen molar-refractivity contribution in [3.8, 4) is 11.5 Å². The van der Waals surface area contributed by atoms with E-state index in [2.05, 4.69) is 45.2 Å². The van der Waals surface area contributed by atoms with Crippen LogP contribution in [0.4, 0.5) is 23.3 Å². The van der Waals surface area contributed by atoms with Crippen LogP contribution in [-0.4, -0.2) is 93.1 Å². The number of halogens is 3. The number of aromatic nitrogens is 8. The molecule has 4 aliphatic heterocycles. The molecule has 0 fully saturated rings. The van der Waals surface area contributed by atoms with Crippen molar-refractivity contribution in [3.63, 3.8) is 0 Å². The summed E-state index contributed by atoms with van der Waals surface area (Å²) in [5.41, 5.74) is 8.19. The zero-order chi connectivity index (χ0) is 66.2. The van der Waals surface area contributed by atoms with Gasteiger partial charge in [-0.05, 0) is 152 Å². The normalized spacial score (nSPS) is 20.7. The first kappa shape index (κ1) is 64.0. The molecule has 23 heteroatoms. The van der Waals surface area contributed by atoms with Crippen molar-refractivity contribution >= 4 is 94.6 Å². The second kappa shape index (κ2) is 24.1. The quantitative estimate of drug-likeness (QED) is 0.115. The number of hydrogen-bond donors (Lipinski definition) is 1. The number of alkyl halides is 1. The molecular weight excluding hydrogens is 1240 g/mol. The Morgan fingerprint density at radius 3 is 1.48 bits per heavy atom. The second-order valence-corrected chi connectivity index (χ2v) is 28.3. The summed E-state index contributed by atoms with van der Waals surface area (Å²) in [5.74, 6) is 3.86. The number of hydrogen-bond acceptors (Lipinski definition) is 16. The molecule has 20 nitrogen and oxygen atoms in total. The Kier molecular flexibility index (Phi) is 16.6. The third-order valence-electron chi connectivity index (χ3n) is 18.1. The minimum Gasteiger partial charge on any atom is -0.427 e. The van der Waals surface area contributed by atoms with Gasteiger partial charge < -0.3 is 14.8 Å². The van der Waals surface area contributed by atoms with Gasteiger partial charge in [-0.1, -0.05) is 47.5 Å². The lowest BCUT2D eigenvalue weighted by Crippen LogP contribution is -2.49. The van der Waals surface area contributed by atoms with Gasteiger partial charge in [0.25, 0.3) is 12.9 Å². The fourth-order valence-electron chi connectivity index (χ4n) is 14.1. The molecule has 0 saturated carbocycles. The summed E-state index contributed by atoms with van der Waals surface area (Å²) in [6.45, 7) is 18.9. The van der Waals surface area contributed by atoms with E-state index in [0.717, 1.165) is 84.7 Å². The molecule has 0 bridgehead atoms. The van der Waals surface area contributed by atoms with Gasteiger partial charge in [0.15, 0.2) is 0 Å². The molecule has 4 amide bonds. The minimum absolute atomic E-state index is 0.0490. The van der Waals surface area contributed by atoms with E-state index in [9.17, 15) is 28.8 Å². The highest BCUT2D eigenvalue weighted by Crippen LogP contribution is 2.53. The molecule has 15 rings (SSSR count). The van der Waals surface area contributed by atoms with E-state index in [1.165, 1.54) is 12.4 Å². The lowest BCUT2D eigenvalue weighted by molar-refractivity contribution is -0.124. The molecule has 3 aliphatic carbocycles. The van der Waals surface area contributed by atoms with Crippen LogP contribution >= 0.6 is 34.8 Å². The molecule has 1 N–H and O–H groups in total.